The van der Waals surface area contributed by atoms with Crippen molar-refractivity contribution in [1.29, 1.82) is 0 Å². The lowest BCUT2D eigenvalue weighted by molar-refractivity contribution is 0.00766. The van der Waals surface area contributed by atoms with Gasteiger partial charge in [-0.2, -0.15) is 0 Å². The molecular weight excluding hydrogens is 133 g/mol. The van der Waals surface area contributed by atoms with Crippen molar-refractivity contribution in [3.05, 3.63) is 0 Å². The smallest absolute Gasteiger partial charge is 0.126 e. The zero-order valence-corrected chi connectivity index (χ0v) is 6.27. The van der Waals surface area contributed by atoms with Crippen molar-refractivity contribution in [3.63, 3.8) is 0 Å². The minimum Gasteiger partial charge on any atom is -0.360 e. The quantitative estimate of drug-likeness (QED) is 0.603. The fraction of sp³-hybridized carbons (Fsp3) is 1.00. The fourth-order valence-corrected chi connectivity index (χ4v) is 1.26. The van der Waals surface area contributed by atoms with E-state index < -0.39 is 6.17 Å². The zero-order chi connectivity index (χ0) is 7.40. The van der Waals surface area contributed by atoms with E-state index in [2.05, 4.69) is 5.32 Å². The molecule has 1 saturated carbocycles. The van der Waals surface area contributed by atoms with Gasteiger partial charge in [-0.05, 0) is 26.3 Å². The summed E-state index contributed by atoms with van der Waals surface area (Å²) >= 11 is 0. The van der Waals surface area contributed by atoms with Crippen LogP contribution in [0.2, 0.25) is 0 Å². The minimum absolute atomic E-state index is 0.146. The molecule has 1 rings (SSSR count). The molecular formula is C7H14FNO. The maximum absolute atomic E-state index is 12.8. The summed E-state index contributed by atoms with van der Waals surface area (Å²) in [5, 5.41) is 2.83. The third kappa shape index (κ3) is 1.92. The van der Waals surface area contributed by atoms with E-state index in [1.54, 1.807) is 7.05 Å². The maximum atomic E-state index is 12.8. The summed E-state index contributed by atoms with van der Waals surface area (Å²) in [6.07, 6.45) is 1.65. The van der Waals surface area contributed by atoms with Crippen molar-refractivity contribution in [2.75, 3.05) is 13.8 Å². The lowest BCUT2D eigenvalue weighted by Gasteiger charge is -2.12. The molecule has 0 heterocycles. The lowest BCUT2D eigenvalue weighted by Crippen LogP contribution is -2.24. The second-order valence-corrected chi connectivity index (χ2v) is 2.65. The zero-order valence-electron chi connectivity index (χ0n) is 6.27. The van der Waals surface area contributed by atoms with E-state index in [1.807, 2.05) is 0 Å². The van der Waals surface area contributed by atoms with E-state index in [9.17, 15) is 4.39 Å². The highest BCUT2D eigenvalue weighted by Crippen LogP contribution is 2.24. The maximum Gasteiger partial charge on any atom is 0.126 e. The first-order chi connectivity index (χ1) is 4.84. The molecule has 1 fully saturated rings. The monoisotopic (exact) mass is 147 g/mol. The number of ether oxygens (including phenoxy) is 1. The summed E-state index contributed by atoms with van der Waals surface area (Å²) in [6, 6.07) is 0. The topological polar surface area (TPSA) is 21.3 Å². The molecule has 0 radical (unpaired) electrons. The lowest BCUT2D eigenvalue weighted by atomic mass is 10.3. The van der Waals surface area contributed by atoms with E-state index in [-0.39, 0.29) is 6.10 Å². The van der Waals surface area contributed by atoms with Crippen LogP contribution < -0.4 is 5.32 Å². The van der Waals surface area contributed by atoms with Crippen LogP contribution >= 0.6 is 0 Å². The number of hydrogen-bond donors (Lipinski definition) is 1. The first-order valence-corrected chi connectivity index (χ1v) is 3.75. The second kappa shape index (κ2) is 3.88. The van der Waals surface area contributed by atoms with Gasteiger partial charge in [0.15, 0.2) is 0 Å². The Balaban J connectivity index is 2.14. The Hall–Kier alpha value is -0.150. The summed E-state index contributed by atoms with van der Waals surface area (Å²) in [7, 11) is 1.79. The molecule has 2 nitrogen and oxygen atoms in total. The molecule has 2 atom stereocenters. The Morgan fingerprint density at radius 3 is 2.90 bits per heavy atom. The van der Waals surface area contributed by atoms with Crippen LogP contribution in [0.25, 0.3) is 0 Å². The number of alkyl halides is 1. The molecule has 0 saturated heterocycles. The average molecular weight is 147 g/mol. The van der Waals surface area contributed by atoms with E-state index >= 15 is 0 Å². The molecule has 60 valence electrons. The summed E-state index contributed by atoms with van der Waals surface area (Å²) in [6.45, 7) is 0.463. The van der Waals surface area contributed by atoms with E-state index in [0.717, 1.165) is 12.8 Å². The first kappa shape index (κ1) is 7.95. The second-order valence-electron chi connectivity index (χ2n) is 2.65. The molecule has 0 aromatic carbocycles. The van der Waals surface area contributed by atoms with Gasteiger partial charge in [-0.3, -0.25) is 5.32 Å². The molecule has 3 heteroatoms. The molecule has 0 spiro atoms. The molecule has 1 N–H and O–H groups in total. The van der Waals surface area contributed by atoms with Gasteiger partial charge in [0.05, 0.1) is 12.8 Å². The molecule has 0 amide bonds. The molecule has 0 bridgehead atoms. The number of hydrogen-bond acceptors (Lipinski definition) is 2. The van der Waals surface area contributed by atoms with Crippen LogP contribution in [-0.4, -0.2) is 26.1 Å². The first-order valence-electron chi connectivity index (χ1n) is 3.75. The molecule has 1 aliphatic rings. The van der Waals surface area contributed by atoms with Crippen molar-refractivity contribution in [3.8, 4) is 0 Å². The molecule has 2 unspecified atom stereocenters. The van der Waals surface area contributed by atoms with Gasteiger partial charge in [0.2, 0.25) is 0 Å². The Kier molecular flexibility index (Phi) is 3.09. The normalized spacial score (nSPS) is 33.0. The van der Waals surface area contributed by atoms with Crippen molar-refractivity contribution in [1.82, 2.24) is 5.32 Å². The Bertz CT molecular complexity index is 99.6. The summed E-state index contributed by atoms with van der Waals surface area (Å²) in [5.41, 5.74) is 0. The molecule has 0 aromatic rings. The summed E-state index contributed by atoms with van der Waals surface area (Å²) in [5.74, 6) is 0. The molecule has 0 aliphatic heterocycles. The van der Waals surface area contributed by atoms with Crippen LogP contribution in [0.15, 0.2) is 0 Å². The van der Waals surface area contributed by atoms with Gasteiger partial charge >= 0.3 is 0 Å². The van der Waals surface area contributed by atoms with Gasteiger partial charge < -0.3 is 4.74 Å². The van der Waals surface area contributed by atoms with Crippen LogP contribution in [-0.2, 0) is 4.74 Å². The predicted octanol–water partition coefficient (Wildman–Crippen LogP) is 1.07. The van der Waals surface area contributed by atoms with Gasteiger partial charge in [0.1, 0.15) is 6.17 Å². The Labute approximate surface area is 60.8 Å². The number of nitrogens with one attached hydrogen (secondary N) is 1. The molecule has 0 aromatic heterocycles. The summed E-state index contributed by atoms with van der Waals surface area (Å²) < 4.78 is 17.9. The largest absolute Gasteiger partial charge is 0.360 e. The van der Waals surface area contributed by atoms with Crippen LogP contribution in [0.5, 0.6) is 0 Å². The molecule has 1 aliphatic carbocycles. The number of halogens is 1. The van der Waals surface area contributed by atoms with Gasteiger partial charge in [0, 0.05) is 0 Å². The van der Waals surface area contributed by atoms with Gasteiger partial charge in [-0.1, -0.05) is 0 Å². The fourth-order valence-electron chi connectivity index (χ4n) is 1.26. The Morgan fingerprint density at radius 2 is 2.40 bits per heavy atom. The van der Waals surface area contributed by atoms with Crippen LogP contribution in [0.3, 0.4) is 0 Å². The molecule has 10 heavy (non-hydrogen) atoms. The minimum atomic E-state index is -0.728. The van der Waals surface area contributed by atoms with Gasteiger partial charge in [0.25, 0.3) is 0 Å². The van der Waals surface area contributed by atoms with Crippen molar-refractivity contribution in [2.45, 2.75) is 31.5 Å². The predicted molar refractivity (Wildman–Crippen MR) is 37.5 cm³/mol. The highest BCUT2D eigenvalue weighted by Gasteiger charge is 2.27. The highest BCUT2D eigenvalue weighted by atomic mass is 19.1. The highest BCUT2D eigenvalue weighted by molar-refractivity contribution is 4.77. The summed E-state index contributed by atoms with van der Waals surface area (Å²) in [4.78, 5) is 0. The van der Waals surface area contributed by atoms with Crippen molar-refractivity contribution < 1.29 is 9.13 Å². The van der Waals surface area contributed by atoms with E-state index in [0.29, 0.717) is 13.2 Å². The van der Waals surface area contributed by atoms with Crippen molar-refractivity contribution in [2.24, 2.45) is 0 Å². The van der Waals surface area contributed by atoms with E-state index in [1.165, 1.54) is 0 Å². The number of rotatable bonds is 3. The third-order valence-corrected chi connectivity index (χ3v) is 1.81. The van der Waals surface area contributed by atoms with Crippen LogP contribution in [0.4, 0.5) is 4.39 Å². The van der Waals surface area contributed by atoms with Crippen molar-refractivity contribution >= 4 is 0 Å². The third-order valence-electron chi connectivity index (χ3n) is 1.81. The van der Waals surface area contributed by atoms with Gasteiger partial charge in [-0.25, -0.2) is 4.39 Å². The standard InChI is InChI=1S/C7H14FNO/c1-9-5-10-7-4-2-3-6(7)8/h6-7,9H,2-5H2,1H3. The van der Waals surface area contributed by atoms with E-state index in [4.69, 9.17) is 4.74 Å². The Morgan fingerprint density at radius 1 is 1.60 bits per heavy atom. The van der Waals surface area contributed by atoms with Crippen LogP contribution in [0.1, 0.15) is 19.3 Å². The SMILES string of the molecule is CNCOC1CCCC1F. The van der Waals surface area contributed by atoms with Gasteiger partial charge in [-0.15, -0.1) is 0 Å². The van der Waals surface area contributed by atoms with Crippen LogP contribution in [0, 0.1) is 0 Å². The average Bonchev–Trinajstić information content (AvgIpc) is 2.31.